The van der Waals surface area contributed by atoms with E-state index in [4.69, 9.17) is 14.2 Å². The molecular weight excluding hydrogens is 961 g/mol. The maximum absolute atomic E-state index is 12.9. The Bertz CT molecular complexity index is 1570. The zero-order chi connectivity index (χ0) is 56.4. The predicted octanol–water partition coefficient (Wildman–Crippen LogP) is 22.6. The lowest BCUT2D eigenvalue weighted by Crippen LogP contribution is -2.30. The number of esters is 3. The molecule has 0 rings (SSSR count). The van der Waals surface area contributed by atoms with E-state index < -0.39 is 6.10 Å². The lowest BCUT2D eigenvalue weighted by atomic mass is 10.0. The minimum Gasteiger partial charge on any atom is -0.462 e. The number of hydrogen-bond acceptors (Lipinski definition) is 6. The highest BCUT2D eigenvalue weighted by Gasteiger charge is 2.19. The van der Waals surface area contributed by atoms with E-state index in [9.17, 15) is 14.4 Å². The van der Waals surface area contributed by atoms with Gasteiger partial charge in [-0.25, -0.2) is 0 Å². The number of unbranched alkanes of at least 4 members (excludes halogenated alkanes) is 30. The van der Waals surface area contributed by atoms with Crippen molar-refractivity contribution in [3.8, 4) is 0 Å². The average Bonchev–Trinajstić information content (AvgIpc) is 3.44. The van der Waals surface area contributed by atoms with Crippen LogP contribution in [0.4, 0.5) is 0 Å². The van der Waals surface area contributed by atoms with Gasteiger partial charge in [-0.15, -0.1) is 0 Å². The molecule has 78 heavy (non-hydrogen) atoms. The van der Waals surface area contributed by atoms with Gasteiger partial charge in [-0.1, -0.05) is 297 Å². The molecule has 0 saturated carbocycles. The first-order valence-corrected chi connectivity index (χ1v) is 32.9. The van der Waals surface area contributed by atoms with Gasteiger partial charge >= 0.3 is 17.9 Å². The summed E-state index contributed by atoms with van der Waals surface area (Å²) < 4.78 is 16.9. The second-order valence-electron chi connectivity index (χ2n) is 21.6. The van der Waals surface area contributed by atoms with Crippen molar-refractivity contribution in [3.05, 3.63) is 109 Å². The third-order valence-electron chi connectivity index (χ3n) is 14.0. The quantitative estimate of drug-likeness (QED) is 0.0261. The zero-order valence-corrected chi connectivity index (χ0v) is 51.2. The summed E-state index contributed by atoms with van der Waals surface area (Å²) in [5.41, 5.74) is 0. The largest absolute Gasteiger partial charge is 0.462 e. The van der Waals surface area contributed by atoms with Crippen molar-refractivity contribution >= 4 is 17.9 Å². The molecule has 0 saturated heterocycles. The van der Waals surface area contributed by atoms with Crippen LogP contribution >= 0.6 is 0 Å². The summed E-state index contributed by atoms with van der Waals surface area (Å²) in [6, 6.07) is 0. The number of carbonyl (C=O) groups excluding carboxylic acids is 3. The lowest BCUT2D eigenvalue weighted by Gasteiger charge is -2.18. The molecule has 0 N–H and O–H groups in total. The fraction of sp³-hybridized carbons (Fsp3) is 0.708. The Morgan fingerprint density at radius 1 is 0.269 bits per heavy atom. The summed E-state index contributed by atoms with van der Waals surface area (Å²) in [4.78, 5) is 38.4. The summed E-state index contributed by atoms with van der Waals surface area (Å²) in [6.07, 6.45) is 89.5. The molecule has 6 nitrogen and oxygen atoms in total. The maximum atomic E-state index is 12.9. The van der Waals surface area contributed by atoms with Crippen LogP contribution in [0.2, 0.25) is 0 Å². The van der Waals surface area contributed by atoms with Crippen LogP contribution in [-0.4, -0.2) is 37.2 Å². The third kappa shape index (κ3) is 62.9. The van der Waals surface area contributed by atoms with Crippen molar-refractivity contribution in [2.75, 3.05) is 13.2 Å². The Labute approximate surface area is 482 Å². The van der Waals surface area contributed by atoms with Gasteiger partial charge in [0.1, 0.15) is 13.2 Å². The van der Waals surface area contributed by atoms with E-state index in [0.717, 1.165) is 135 Å². The van der Waals surface area contributed by atoms with Crippen LogP contribution in [-0.2, 0) is 28.6 Å². The summed E-state index contributed by atoms with van der Waals surface area (Å²) >= 11 is 0. The number of carbonyl (C=O) groups is 3. The fourth-order valence-electron chi connectivity index (χ4n) is 9.17. The van der Waals surface area contributed by atoms with Crippen LogP contribution < -0.4 is 0 Å². The summed E-state index contributed by atoms with van der Waals surface area (Å²) in [7, 11) is 0. The van der Waals surface area contributed by atoms with Crippen molar-refractivity contribution in [2.45, 2.75) is 316 Å². The van der Waals surface area contributed by atoms with Gasteiger partial charge in [-0.3, -0.25) is 14.4 Å². The molecular formula is C72H122O6. The molecule has 0 aromatic heterocycles. The molecule has 0 bridgehead atoms. The lowest BCUT2D eigenvalue weighted by molar-refractivity contribution is -0.167. The van der Waals surface area contributed by atoms with Crippen molar-refractivity contribution in [3.63, 3.8) is 0 Å². The Kier molecular flexibility index (Phi) is 62.3. The van der Waals surface area contributed by atoms with E-state index in [1.807, 2.05) is 0 Å². The molecule has 0 aliphatic heterocycles. The van der Waals surface area contributed by atoms with E-state index in [-0.39, 0.29) is 37.5 Å². The zero-order valence-electron chi connectivity index (χ0n) is 51.2. The van der Waals surface area contributed by atoms with Crippen molar-refractivity contribution in [2.24, 2.45) is 0 Å². The van der Waals surface area contributed by atoms with E-state index in [1.165, 1.54) is 135 Å². The molecule has 0 aliphatic rings. The normalized spacial score (nSPS) is 12.8. The van der Waals surface area contributed by atoms with Crippen LogP contribution in [0.5, 0.6) is 0 Å². The molecule has 0 aromatic rings. The molecule has 0 aromatic carbocycles. The fourth-order valence-corrected chi connectivity index (χ4v) is 9.17. The molecule has 0 heterocycles. The second-order valence-corrected chi connectivity index (χ2v) is 21.6. The van der Waals surface area contributed by atoms with Crippen LogP contribution in [0.15, 0.2) is 109 Å². The first-order chi connectivity index (χ1) is 38.5. The molecule has 6 heteroatoms. The standard InChI is InChI=1S/C72H122O6/c1-4-7-10-13-16-19-22-25-28-31-34-35-36-39-41-44-47-50-53-56-59-62-65-71(74)77-68-69(78-72(75)66-63-60-57-54-51-48-45-42-38-33-30-27-24-21-18-15-12-9-6-3)67-76-70(73)64-61-58-55-52-49-46-43-40-37-32-29-26-23-20-17-14-11-8-5-2/h8-9,11-12,17-18,20-21,26-27,29-30,37-38,40,42,48,51,69H,4-7,10,13-16,19,22-25,28,31-36,39,41,43-47,49-50,52-68H2,1-3H3/b11-8-,12-9-,20-17-,21-18-,29-26-,30-27-,40-37-,42-38-,51-48-. The Hall–Kier alpha value is -3.93. The highest BCUT2D eigenvalue weighted by molar-refractivity contribution is 5.71. The van der Waals surface area contributed by atoms with Gasteiger partial charge in [0.2, 0.25) is 0 Å². The average molecular weight is 1080 g/mol. The maximum Gasteiger partial charge on any atom is 0.306 e. The van der Waals surface area contributed by atoms with E-state index >= 15 is 0 Å². The monoisotopic (exact) mass is 1080 g/mol. The summed E-state index contributed by atoms with van der Waals surface area (Å²) in [6.45, 7) is 6.41. The van der Waals surface area contributed by atoms with Crippen LogP contribution in [0.25, 0.3) is 0 Å². The highest BCUT2D eigenvalue weighted by Crippen LogP contribution is 2.17. The number of hydrogen-bond donors (Lipinski definition) is 0. The van der Waals surface area contributed by atoms with Crippen LogP contribution in [0.1, 0.15) is 310 Å². The number of allylic oxidation sites excluding steroid dienone is 18. The van der Waals surface area contributed by atoms with Crippen LogP contribution in [0.3, 0.4) is 0 Å². The summed E-state index contributed by atoms with van der Waals surface area (Å²) in [5.74, 6) is -0.931. The Morgan fingerprint density at radius 3 is 0.795 bits per heavy atom. The first-order valence-electron chi connectivity index (χ1n) is 32.9. The van der Waals surface area contributed by atoms with Gasteiger partial charge in [-0.2, -0.15) is 0 Å². The van der Waals surface area contributed by atoms with Crippen molar-refractivity contribution in [1.29, 1.82) is 0 Å². The van der Waals surface area contributed by atoms with Gasteiger partial charge in [0.15, 0.2) is 6.10 Å². The van der Waals surface area contributed by atoms with E-state index in [1.54, 1.807) is 0 Å². The molecule has 446 valence electrons. The number of rotatable bonds is 59. The Balaban J connectivity index is 4.43. The summed E-state index contributed by atoms with van der Waals surface area (Å²) in [5, 5.41) is 0. The van der Waals surface area contributed by atoms with Crippen molar-refractivity contribution in [1.82, 2.24) is 0 Å². The smallest absolute Gasteiger partial charge is 0.306 e. The van der Waals surface area contributed by atoms with E-state index in [2.05, 4.69) is 130 Å². The first kappa shape index (κ1) is 74.1. The van der Waals surface area contributed by atoms with Gasteiger partial charge in [-0.05, 0) is 103 Å². The van der Waals surface area contributed by atoms with Gasteiger partial charge in [0.25, 0.3) is 0 Å². The molecule has 0 spiro atoms. The molecule has 0 amide bonds. The second kappa shape index (κ2) is 65.6. The third-order valence-corrected chi connectivity index (χ3v) is 14.0. The van der Waals surface area contributed by atoms with Gasteiger partial charge in [0.05, 0.1) is 0 Å². The SMILES string of the molecule is CC/C=C\C/C=C\C/C=C\C/C=C\C/C=C\CCCCCC(=O)OC(COC(=O)CCCCCCCC/C=C\C/C=C\C/C=C\C/C=C\CC)COC(=O)CCCCCCCCCCCCCCCCCCCCCCCC. The molecule has 1 unspecified atom stereocenters. The highest BCUT2D eigenvalue weighted by atomic mass is 16.6. The van der Waals surface area contributed by atoms with Gasteiger partial charge < -0.3 is 14.2 Å². The predicted molar refractivity (Wildman–Crippen MR) is 339 cm³/mol. The molecule has 0 radical (unpaired) electrons. The minimum absolute atomic E-state index is 0.0951. The van der Waals surface area contributed by atoms with Gasteiger partial charge in [0, 0.05) is 19.3 Å². The van der Waals surface area contributed by atoms with E-state index in [0.29, 0.717) is 12.8 Å². The topological polar surface area (TPSA) is 78.9 Å². The van der Waals surface area contributed by atoms with Crippen molar-refractivity contribution < 1.29 is 28.6 Å². The minimum atomic E-state index is -0.804. The Morgan fingerprint density at radius 2 is 0.500 bits per heavy atom. The number of ether oxygens (including phenoxy) is 3. The van der Waals surface area contributed by atoms with Crippen LogP contribution in [0, 0.1) is 0 Å². The molecule has 0 fully saturated rings. The molecule has 0 aliphatic carbocycles. The molecule has 1 atom stereocenters.